The molecule has 3 aromatic heterocycles. The van der Waals surface area contributed by atoms with Crippen LogP contribution in [-0.4, -0.2) is 35.9 Å². The molecule has 0 spiro atoms. The van der Waals surface area contributed by atoms with Gasteiger partial charge in [0.1, 0.15) is 21.9 Å². The molecule has 0 bridgehead atoms. The first kappa shape index (κ1) is 21.2. The Bertz CT molecular complexity index is 1490. The molecule has 0 aliphatic carbocycles. The van der Waals surface area contributed by atoms with Gasteiger partial charge in [0.05, 0.1) is 23.1 Å². The molecule has 0 aliphatic rings. The lowest BCUT2D eigenvalue weighted by Crippen LogP contribution is -2.29. The largest absolute Gasteiger partial charge is 0.477 e. The van der Waals surface area contributed by atoms with Gasteiger partial charge in [0.2, 0.25) is 5.91 Å². The Morgan fingerprint density at radius 1 is 1.12 bits per heavy atom. The van der Waals surface area contributed by atoms with Gasteiger partial charge in [-0.1, -0.05) is 18.2 Å². The number of benzene rings is 1. The summed E-state index contributed by atoms with van der Waals surface area (Å²) in [4.78, 5) is 54.3. The summed E-state index contributed by atoms with van der Waals surface area (Å²) in [5, 5.41) is 12.0. The van der Waals surface area contributed by atoms with E-state index in [0.717, 1.165) is 15.9 Å². The molecule has 1 aromatic carbocycles. The van der Waals surface area contributed by atoms with Gasteiger partial charge < -0.3 is 10.4 Å². The van der Waals surface area contributed by atoms with Crippen LogP contribution in [0.25, 0.3) is 15.9 Å². The summed E-state index contributed by atoms with van der Waals surface area (Å²) in [6, 6.07) is 9.01. The number of hydrogen-bond donors (Lipinski definition) is 2. The highest BCUT2D eigenvalue weighted by molar-refractivity contribution is 7.20. The summed E-state index contributed by atoms with van der Waals surface area (Å²) < 4.78 is 4.17. The Kier molecular flexibility index (Phi) is 5.26. The maximum absolute atomic E-state index is 12.9. The summed E-state index contributed by atoms with van der Waals surface area (Å²) in [7, 11) is 1.71. The fraction of sp³-hybridized carbons (Fsp3) is 0.190. The van der Waals surface area contributed by atoms with Crippen molar-refractivity contribution in [2.45, 2.75) is 20.4 Å². The summed E-state index contributed by atoms with van der Waals surface area (Å²) in [6.07, 6.45) is 1.20. The fourth-order valence-corrected chi connectivity index (χ4v) is 4.50. The number of hydrogen-bond acceptors (Lipinski definition) is 6. The molecule has 4 rings (SSSR count). The second kappa shape index (κ2) is 7.93. The smallest absolute Gasteiger partial charge is 0.346 e. The minimum atomic E-state index is -1.14. The highest BCUT2D eigenvalue weighted by Gasteiger charge is 2.21. The molecule has 11 heteroatoms. The van der Waals surface area contributed by atoms with Crippen molar-refractivity contribution in [2.24, 2.45) is 7.05 Å². The van der Waals surface area contributed by atoms with Crippen molar-refractivity contribution in [1.29, 1.82) is 0 Å². The lowest BCUT2D eigenvalue weighted by Gasteiger charge is -2.07. The Morgan fingerprint density at radius 3 is 2.47 bits per heavy atom. The van der Waals surface area contributed by atoms with E-state index in [1.54, 1.807) is 42.9 Å². The van der Waals surface area contributed by atoms with Crippen LogP contribution in [0.4, 0.5) is 5.69 Å². The first-order valence-corrected chi connectivity index (χ1v) is 10.4. The SMILES string of the molecule is Cc1c(C(=O)O)sc2ncn(CC(=O)Nc3c(C)n(C)n(-c4ccccc4)c3=O)c(=O)c12. The number of fused-ring (bicyclic) bond motifs is 1. The number of amides is 1. The Balaban J connectivity index is 1.65. The number of anilines is 1. The Labute approximate surface area is 185 Å². The van der Waals surface area contributed by atoms with Gasteiger partial charge in [0.15, 0.2) is 0 Å². The molecule has 4 aromatic rings. The summed E-state index contributed by atoms with van der Waals surface area (Å²) >= 11 is 0.911. The van der Waals surface area contributed by atoms with Gasteiger partial charge in [0.25, 0.3) is 11.1 Å². The van der Waals surface area contributed by atoms with Gasteiger partial charge >= 0.3 is 5.97 Å². The highest BCUT2D eigenvalue weighted by Crippen LogP contribution is 2.26. The van der Waals surface area contributed by atoms with E-state index in [0.29, 0.717) is 21.8 Å². The zero-order valence-electron chi connectivity index (χ0n) is 17.4. The molecular formula is C21H19N5O5S. The Morgan fingerprint density at radius 2 is 1.81 bits per heavy atom. The zero-order valence-corrected chi connectivity index (χ0v) is 18.3. The number of nitrogens with one attached hydrogen (secondary N) is 1. The number of aryl methyl sites for hydroxylation is 1. The average Bonchev–Trinajstić information content (AvgIpc) is 3.20. The van der Waals surface area contributed by atoms with Gasteiger partial charge in [-0.05, 0) is 31.5 Å². The Hall–Kier alpha value is -3.99. The molecule has 2 N–H and O–H groups in total. The lowest BCUT2D eigenvalue weighted by molar-refractivity contribution is -0.116. The van der Waals surface area contributed by atoms with Crippen molar-refractivity contribution in [3.05, 3.63) is 73.5 Å². The number of para-hydroxylation sites is 1. The predicted molar refractivity (Wildman–Crippen MR) is 120 cm³/mol. The molecule has 1 amide bonds. The number of carbonyl (C=O) groups is 2. The monoisotopic (exact) mass is 453 g/mol. The predicted octanol–water partition coefficient (Wildman–Crippen LogP) is 1.90. The third kappa shape index (κ3) is 3.42. The molecule has 32 heavy (non-hydrogen) atoms. The number of carbonyl (C=O) groups excluding carboxylic acids is 1. The molecule has 0 atom stereocenters. The van der Waals surface area contributed by atoms with E-state index in [1.165, 1.54) is 17.9 Å². The second-order valence-electron chi connectivity index (χ2n) is 7.20. The van der Waals surface area contributed by atoms with Gasteiger partial charge in [0, 0.05) is 7.05 Å². The number of nitrogens with zero attached hydrogens (tertiary/aromatic N) is 4. The van der Waals surface area contributed by atoms with Crippen LogP contribution in [0.2, 0.25) is 0 Å². The van der Waals surface area contributed by atoms with Gasteiger partial charge in [-0.3, -0.25) is 23.6 Å². The lowest BCUT2D eigenvalue weighted by atomic mass is 10.2. The summed E-state index contributed by atoms with van der Waals surface area (Å²) in [5.41, 5.74) is 0.713. The number of aromatic nitrogens is 4. The quantitative estimate of drug-likeness (QED) is 0.475. The van der Waals surface area contributed by atoms with E-state index >= 15 is 0 Å². The number of thiophene rings is 1. The molecule has 3 heterocycles. The number of aromatic carboxylic acids is 1. The van der Waals surface area contributed by atoms with Crippen LogP contribution in [0.3, 0.4) is 0 Å². The molecule has 0 fully saturated rings. The van der Waals surface area contributed by atoms with E-state index in [9.17, 15) is 24.3 Å². The van der Waals surface area contributed by atoms with Crippen LogP contribution in [0, 0.1) is 13.8 Å². The number of carboxylic acid groups (broad SMARTS) is 1. The van der Waals surface area contributed by atoms with Crippen molar-refractivity contribution in [3.8, 4) is 5.69 Å². The van der Waals surface area contributed by atoms with Crippen molar-refractivity contribution in [2.75, 3.05) is 5.32 Å². The maximum atomic E-state index is 12.9. The third-order valence-electron chi connectivity index (χ3n) is 5.24. The van der Waals surface area contributed by atoms with Crippen LogP contribution in [0.5, 0.6) is 0 Å². The van der Waals surface area contributed by atoms with E-state index in [4.69, 9.17) is 0 Å². The van der Waals surface area contributed by atoms with E-state index < -0.39 is 23.0 Å². The minimum Gasteiger partial charge on any atom is -0.477 e. The van der Waals surface area contributed by atoms with Crippen molar-refractivity contribution < 1.29 is 14.7 Å². The van der Waals surface area contributed by atoms with E-state index in [2.05, 4.69) is 10.3 Å². The molecule has 0 unspecified atom stereocenters. The van der Waals surface area contributed by atoms with Crippen molar-refractivity contribution in [1.82, 2.24) is 18.9 Å². The molecule has 0 saturated carbocycles. The number of carboxylic acids is 1. The van der Waals surface area contributed by atoms with Crippen LogP contribution in [-0.2, 0) is 18.4 Å². The third-order valence-corrected chi connectivity index (χ3v) is 6.43. The molecule has 10 nitrogen and oxygen atoms in total. The summed E-state index contributed by atoms with van der Waals surface area (Å²) in [5.74, 6) is -1.71. The van der Waals surface area contributed by atoms with Crippen molar-refractivity contribution in [3.63, 3.8) is 0 Å². The first-order valence-electron chi connectivity index (χ1n) is 9.56. The molecular weight excluding hydrogens is 434 g/mol. The normalized spacial score (nSPS) is 11.1. The standard InChI is InChI=1S/C21H19N5O5S/c1-11-15-18(32-17(11)21(30)31)22-10-25(19(15)28)9-14(27)23-16-12(2)24(3)26(20(16)29)13-7-5-4-6-8-13/h4-8,10H,9H2,1-3H3,(H,23,27)(H,30,31). The molecule has 0 saturated heterocycles. The van der Waals surface area contributed by atoms with Crippen LogP contribution >= 0.6 is 11.3 Å². The van der Waals surface area contributed by atoms with Gasteiger partial charge in [-0.15, -0.1) is 11.3 Å². The number of rotatable bonds is 5. The van der Waals surface area contributed by atoms with Crippen LogP contribution in [0.15, 0.2) is 46.2 Å². The first-order chi connectivity index (χ1) is 15.2. The minimum absolute atomic E-state index is 0.0353. The zero-order chi connectivity index (χ0) is 23.2. The highest BCUT2D eigenvalue weighted by atomic mass is 32.1. The average molecular weight is 453 g/mol. The second-order valence-corrected chi connectivity index (χ2v) is 8.20. The van der Waals surface area contributed by atoms with Crippen LogP contribution in [0.1, 0.15) is 20.9 Å². The van der Waals surface area contributed by atoms with Crippen LogP contribution < -0.4 is 16.4 Å². The molecule has 0 radical (unpaired) electrons. The van der Waals surface area contributed by atoms with E-state index in [1.807, 2.05) is 6.07 Å². The van der Waals surface area contributed by atoms with Gasteiger partial charge in [-0.2, -0.15) is 0 Å². The summed E-state index contributed by atoms with van der Waals surface area (Å²) in [6.45, 7) is 2.87. The molecule has 0 aliphatic heterocycles. The van der Waals surface area contributed by atoms with E-state index in [-0.39, 0.29) is 22.5 Å². The maximum Gasteiger partial charge on any atom is 0.346 e. The fourth-order valence-electron chi connectivity index (χ4n) is 3.52. The van der Waals surface area contributed by atoms with Gasteiger partial charge in [-0.25, -0.2) is 14.5 Å². The topological polar surface area (TPSA) is 128 Å². The molecule has 164 valence electrons. The van der Waals surface area contributed by atoms with Crippen molar-refractivity contribution >= 4 is 39.1 Å².